The van der Waals surface area contributed by atoms with E-state index in [4.69, 9.17) is 5.11 Å². The molecule has 1 amide bonds. The van der Waals surface area contributed by atoms with Crippen LogP contribution in [0.25, 0.3) is 0 Å². The summed E-state index contributed by atoms with van der Waals surface area (Å²) >= 11 is 1.54. The van der Waals surface area contributed by atoms with Gasteiger partial charge in [-0.1, -0.05) is 19.3 Å². The Morgan fingerprint density at radius 1 is 1.29 bits per heavy atom. The van der Waals surface area contributed by atoms with Crippen molar-refractivity contribution in [1.29, 1.82) is 0 Å². The molecule has 21 heavy (non-hydrogen) atoms. The Bertz CT molecular complexity index is 467. The van der Waals surface area contributed by atoms with E-state index in [0.29, 0.717) is 13.0 Å². The van der Waals surface area contributed by atoms with Gasteiger partial charge in [0.1, 0.15) is 0 Å². The minimum absolute atomic E-state index is 0.0339. The smallest absolute Gasteiger partial charge is 0.303 e. The fraction of sp³-hybridized carbons (Fsp3) is 0.667. The number of carbonyl (C=O) groups is 2. The molecule has 6 heteroatoms. The largest absolute Gasteiger partial charge is 0.481 e. The molecule has 0 saturated heterocycles. The lowest BCUT2D eigenvalue weighted by Gasteiger charge is -2.35. The number of aromatic nitrogens is 1. The normalized spacial score (nSPS) is 17.3. The molecule has 1 aromatic rings. The quantitative estimate of drug-likeness (QED) is 0.811. The summed E-state index contributed by atoms with van der Waals surface area (Å²) in [6, 6.07) is 0. The van der Waals surface area contributed by atoms with Crippen LogP contribution < -0.4 is 5.32 Å². The van der Waals surface area contributed by atoms with Crippen LogP contribution in [-0.4, -0.2) is 28.5 Å². The number of carboxylic acids is 1. The van der Waals surface area contributed by atoms with Gasteiger partial charge in [-0.2, -0.15) is 0 Å². The van der Waals surface area contributed by atoms with Gasteiger partial charge in [-0.05, 0) is 18.3 Å². The number of rotatable bonds is 7. The van der Waals surface area contributed by atoms with Crippen molar-refractivity contribution in [1.82, 2.24) is 10.3 Å². The highest BCUT2D eigenvalue weighted by Crippen LogP contribution is 2.42. The van der Waals surface area contributed by atoms with Crippen molar-refractivity contribution in [2.24, 2.45) is 5.41 Å². The van der Waals surface area contributed by atoms with Gasteiger partial charge in [-0.3, -0.25) is 9.59 Å². The third-order valence-corrected chi connectivity index (χ3v) is 4.80. The first-order chi connectivity index (χ1) is 10.1. The first-order valence-corrected chi connectivity index (χ1v) is 8.39. The number of nitrogens with zero attached hydrogens (tertiary/aromatic N) is 1. The van der Waals surface area contributed by atoms with Crippen LogP contribution in [0.3, 0.4) is 0 Å². The van der Waals surface area contributed by atoms with Crippen LogP contribution in [0.4, 0.5) is 0 Å². The Balaban J connectivity index is 1.81. The zero-order valence-electron chi connectivity index (χ0n) is 12.1. The predicted octanol–water partition coefficient (Wildman–Crippen LogP) is 2.62. The molecule has 116 valence electrons. The van der Waals surface area contributed by atoms with E-state index in [1.807, 2.05) is 5.38 Å². The number of nitrogens with one attached hydrogen (secondary N) is 1. The Kier molecular flexibility index (Phi) is 5.73. The predicted molar refractivity (Wildman–Crippen MR) is 81.2 cm³/mol. The molecule has 1 aliphatic rings. The highest BCUT2D eigenvalue weighted by atomic mass is 32.1. The molecule has 2 rings (SSSR count). The first-order valence-electron chi connectivity index (χ1n) is 7.45. The summed E-state index contributed by atoms with van der Waals surface area (Å²) in [7, 11) is 0. The molecule has 0 aliphatic heterocycles. The number of hydrogen-bond acceptors (Lipinski definition) is 4. The molecular weight excluding hydrogens is 288 g/mol. The molecule has 1 fully saturated rings. The van der Waals surface area contributed by atoms with E-state index in [0.717, 1.165) is 44.2 Å². The molecular formula is C15H22N2O3S. The van der Waals surface area contributed by atoms with Crippen molar-refractivity contribution in [3.8, 4) is 0 Å². The van der Waals surface area contributed by atoms with Gasteiger partial charge in [0.05, 0.1) is 17.6 Å². The molecule has 0 atom stereocenters. The van der Waals surface area contributed by atoms with E-state index in [-0.39, 0.29) is 17.7 Å². The lowest BCUT2D eigenvalue weighted by molar-refractivity contribution is -0.141. The van der Waals surface area contributed by atoms with E-state index in [9.17, 15) is 9.59 Å². The van der Waals surface area contributed by atoms with E-state index < -0.39 is 5.97 Å². The maximum absolute atomic E-state index is 12.1. The minimum Gasteiger partial charge on any atom is -0.481 e. The summed E-state index contributed by atoms with van der Waals surface area (Å²) in [6.45, 7) is 0.561. The fourth-order valence-corrected chi connectivity index (χ4v) is 3.73. The van der Waals surface area contributed by atoms with Crippen LogP contribution in [0, 0.1) is 5.41 Å². The molecule has 5 nitrogen and oxygen atoms in total. The third-order valence-electron chi connectivity index (χ3n) is 4.16. The van der Waals surface area contributed by atoms with Gasteiger partial charge >= 0.3 is 5.97 Å². The van der Waals surface area contributed by atoms with Gasteiger partial charge in [0.25, 0.3) is 0 Å². The molecule has 0 spiro atoms. The number of amides is 1. The van der Waals surface area contributed by atoms with Gasteiger partial charge in [-0.25, -0.2) is 4.98 Å². The third kappa shape index (κ3) is 5.12. The van der Waals surface area contributed by atoms with Gasteiger partial charge in [0.2, 0.25) is 5.91 Å². The molecule has 1 heterocycles. The molecule has 0 radical (unpaired) electrons. The maximum Gasteiger partial charge on any atom is 0.303 e. The van der Waals surface area contributed by atoms with Gasteiger partial charge in [-0.15, -0.1) is 11.3 Å². The molecule has 1 aromatic heterocycles. The summed E-state index contributed by atoms with van der Waals surface area (Å²) in [5.41, 5.74) is 2.42. The summed E-state index contributed by atoms with van der Waals surface area (Å²) in [6.07, 6.45) is 6.05. The highest BCUT2D eigenvalue weighted by Gasteiger charge is 2.36. The second-order valence-electron chi connectivity index (χ2n) is 5.89. The van der Waals surface area contributed by atoms with E-state index in [1.54, 1.807) is 16.8 Å². The summed E-state index contributed by atoms with van der Waals surface area (Å²) in [5, 5.41) is 14.0. The monoisotopic (exact) mass is 310 g/mol. The van der Waals surface area contributed by atoms with Crippen LogP contribution in [-0.2, 0) is 16.0 Å². The van der Waals surface area contributed by atoms with Crippen LogP contribution in [0.5, 0.6) is 0 Å². The highest BCUT2D eigenvalue weighted by molar-refractivity contribution is 7.07. The average molecular weight is 310 g/mol. The summed E-state index contributed by atoms with van der Waals surface area (Å²) < 4.78 is 0. The van der Waals surface area contributed by atoms with Crippen LogP contribution >= 0.6 is 11.3 Å². The zero-order valence-corrected chi connectivity index (χ0v) is 13.0. The number of carbonyl (C=O) groups excluding carboxylic acids is 1. The Labute approximate surface area is 128 Å². The second-order valence-corrected chi connectivity index (χ2v) is 6.61. The molecule has 0 aromatic carbocycles. The van der Waals surface area contributed by atoms with E-state index in [2.05, 4.69) is 10.3 Å². The average Bonchev–Trinajstić information content (AvgIpc) is 2.91. The van der Waals surface area contributed by atoms with Crippen molar-refractivity contribution in [2.45, 2.75) is 51.4 Å². The van der Waals surface area contributed by atoms with Crippen molar-refractivity contribution in [3.63, 3.8) is 0 Å². The fourth-order valence-electron chi connectivity index (χ4n) is 3.13. The minimum atomic E-state index is -0.799. The Hall–Kier alpha value is -1.43. The molecule has 0 unspecified atom stereocenters. The number of aliphatic carboxylic acids is 1. The van der Waals surface area contributed by atoms with E-state index in [1.165, 1.54) is 0 Å². The molecule has 2 N–H and O–H groups in total. The second kappa shape index (κ2) is 7.54. The van der Waals surface area contributed by atoms with Crippen LogP contribution in [0.15, 0.2) is 10.9 Å². The Morgan fingerprint density at radius 2 is 2.05 bits per heavy atom. The number of carboxylic acid groups (broad SMARTS) is 1. The molecule has 0 bridgehead atoms. The van der Waals surface area contributed by atoms with Crippen molar-refractivity contribution >= 4 is 23.2 Å². The van der Waals surface area contributed by atoms with Crippen molar-refractivity contribution < 1.29 is 14.7 Å². The van der Waals surface area contributed by atoms with Crippen molar-refractivity contribution in [2.75, 3.05) is 6.54 Å². The topological polar surface area (TPSA) is 79.3 Å². The summed E-state index contributed by atoms with van der Waals surface area (Å²) in [4.78, 5) is 27.4. The first kappa shape index (κ1) is 15.9. The maximum atomic E-state index is 12.1. The SMILES string of the molecule is O=C(O)CC1(CC(=O)NCCc2cscn2)CCCCC1. The van der Waals surface area contributed by atoms with Gasteiger partial charge in [0.15, 0.2) is 0 Å². The zero-order chi connectivity index (χ0) is 15.1. The van der Waals surface area contributed by atoms with Gasteiger partial charge in [0, 0.05) is 24.8 Å². The summed E-state index contributed by atoms with van der Waals surface area (Å²) in [5.74, 6) is -0.833. The number of hydrogen-bond donors (Lipinski definition) is 2. The van der Waals surface area contributed by atoms with E-state index >= 15 is 0 Å². The van der Waals surface area contributed by atoms with Gasteiger partial charge < -0.3 is 10.4 Å². The van der Waals surface area contributed by atoms with Crippen molar-refractivity contribution in [3.05, 3.63) is 16.6 Å². The molecule has 1 saturated carbocycles. The lowest BCUT2D eigenvalue weighted by atomic mass is 9.69. The molecule has 1 aliphatic carbocycles. The Morgan fingerprint density at radius 3 is 2.67 bits per heavy atom. The van der Waals surface area contributed by atoms with Crippen LogP contribution in [0.2, 0.25) is 0 Å². The number of thiazole rings is 1. The van der Waals surface area contributed by atoms with Crippen LogP contribution in [0.1, 0.15) is 50.6 Å². The standard InChI is InChI=1S/C15H22N2O3S/c18-13(16-7-4-12-10-21-11-17-12)8-15(9-14(19)20)5-2-1-3-6-15/h10-11H,1-9H2,(H,16,18)(H,19,20). The lowest BCUT2D eigenvalue weighted by Crippen LogP contribution is -2.35.